The summed E-state index contributed by atoms with van der Waals surface area (Å²) >= 11 is 0. The van der Waals surface area contributed by atoms with E-state index in [1.54, 1.807) is 0 Å². The predicted octanol–water partition coefficient (Wildman–Crippen LogP) is 4.61. The Morgan fingerprint density at radius 3 is 2.48 bits per heavy atom. The summed E-state index contributed by atoms with van der Waals surface area (Å²) in [6.45, 7) is 13.3. The van der Waals surface area contributed by atoms with E-state index in [4.69, 9.17) is 4.74 Å². The third kappa shape index (κ3) is 4.00. The van der Waals surface area contributed by atoms with E-state index in [0.29, 0.717) is 0 Å². The van der Waals surface area contributed by atoms with E-state index in [1.165, 1.54) is 5.56 Å². The maximum absolute atomic E-state index is 10.2. The first-order valence-electron chi connectivity index (χ1n) is 8.04. The van der Waals surface area contributed by atoms with Crippen LogP contribution in [0.4, 0.5) is 0 Å². The normalized spacial score (nSPS) is 25.7. The number of ether oxygens (including phenoxy) is 1. The summed E-state index contributed by atoms with van der Waals surface area (Å²) in [5.74, 6) is 0.907. The molecule has 0 bridgehead atoms. The zero-order valence-electron chi connectivity index (χ0n) is 14.4. The molecule has 2 heteroatoms. The van der Waals surface area contributed by atoms with Crippen molar-refractivity contribution in [3.63, 3.8) is 0 Å². The second-order valence-electron chi connectivity index (χ2n) is 8.36. The molecular weight excluding hydrogens is 260 g/mol. The largest absolute Gasteiger partial charge is 0.487 e. The van der Waals surface area contributed by atoms with Crippen LogP contribution in [0.25, 0.3) is 0 Å². The van der Waals surface area contributed by atoms with Gasteiger partial charge in [-0.3, -0.25) is 0 Å². The molecule has 1 saturated carbocycles. The molecule has 1 aromatic rings. The molecule has 0 amide bonds. The fraction of sp³-hybridized carbons (Fsp3) is 0.684. The number of aryl methyl sites for hydroxylation is 1. The molecule has 1 aromatic carbocycles. The molecule has 2 unspecified atom stereocenters. The number of aliphatic hydroxyl groups is 1. The van der Waals surface area contributed by atoms with E-state index in [-0.39, 0.29) is 23.0 Å². The van der Waals surface area contributed by atoms with Crippen molar-refractivity contribution in [1.29, 1.82) is 0 Å². The molecule has 0 spiro atoms. The highest BCUT2D eigenvalue weighted by molar-refractivity contribution is 5.39. The molecule has 0 aliphatic heterocycles. The summed E-state index contributed by atoms with van der Waals surface area (Å²) in [5.41, 5.74) is 2.87. The predicted molar refractivity (Wildman–Crippen MR) is 87.9 cm³/mol. The van der Waals surface area contributed by atoms with E-state index < -0.39 is 0 Å². The number of benzene rings is 1. The van der Waals surface area contributed by atoms with Crippen LogP contribution in [0.5, 0.6) is 5.75 Å². The van der Waals surface area contributed by atoms with Gasteiger partial charge >= 0.3 is 0 Å². The highest BCUT2D eigenvalue weighted by atomic mass is 16.5. The Morgan fingerprint density at radius 1 is 1.24 bits per heavy atom. The Labute approximate surface area is 129 Å². The highest BCUT2D eigenvalue weighted by Crippen LogP contribution is 2.38. The summed E-state index contributed by atoms with van der Waals surface area (Å²) in [6.07, 6.45) is 2.37. The first-order valence-corrected chi connectivity index (χ1v) is 8.04. The van der Waals surface area contributed by atoms with Crippen LogP contribution >= 0.6 is 0 Å². The maximum Gasteiger partial charge on any atom is 0.125 e. The number of rotatable bonds is 2. The molecule has 1 aliphatic carbocycles. The quantitative estimate of drug-likeness (QED) is 0.861. The summed E-state index contributed by atoms with van der Waals surface area (Å²) in [4.78, 5) is 0. The number of hydrogen-bond acceptors (Lipinski definition) is 2. The Kier molecular flexibility index (Phi) is 4.39. The van der Waals surface area contributed by atoms with Crippen molar-refractivity contribution in [3.8, 4) is 5.75 Å². The van der Waals surface area contributed by atoms with Gasteiger partial charge in [-0.25, -0.2) is 0 Å². The lowest BCUT2D eigenvalue weighted by Crippen LogP contribution is -2.41. The van der Waals surface area contributed by atoms with Gasteiger partial charge in [0.15, 0.2) is 0 Å². The number of aliphatic hydroxyl groups excluding tert-OH is 1. The molecule has 118 valence electrons. The van der Waals surface area contributed by atoms with Gasteiger partial charge in [0.2, 0.25) is 0 Å². The lowest BCUT2D eigenvalue weighted by Gasteiger charge is -2.38. The van der Waals surface area contributed by atoms with Gasteiger partial charge in [0.1, 0.15) is 11.9 Å². The zero-order chi connectivity index (χ0) is 15.8. The second-order valence-corrected chi connectivity index (χ2v) is 8.36. The molecule has 2 nitrogen and oxygen atoms in total. The average Bonchev–Trinajstić information content (AvgIpc) is 2.35. The van der Waals surface area contributed by atoms with Gasteiger partial charge < -0.3 is 9.84 Å². The maximum atomic E-state index is 10.2. The van der Waals surface area contributed by atoms with E-state index in [9.17, 15) is 5.11 Å². The lowest BCUT2D eigenvalue weighted by atomic mass is 9.75. The monoisotopic (exact) mass is 290 g/mol. The minimum Gasteiger partial charge on any atom is -0.487 e. The van der Waals surface area contributed by atoms with Crippen molar-refractivity contribution < 1.29 is 9.84 Å². The van der Waals surface area contributed by atoms with Crippen LogP contribution in [0.1, 0.15) is 65.0 Å². The first-order chi connectivity index (χ1) is 9.58. The molecule has 2 rings (SSSR count). The van der Waals surface area contributed by atoms with Gasteiger partial charge in [-0.15, -0.1) is 0 Å². The standard InChI is InChI=1S/C19H30O2/c1-13-11-14(18(2,3)4)7-8-16(13)21-17-12-19(5,6)10-9-15(17)20/h7-8,11,15,17,20H,9-10,12H2,1-6H3. The fourth-order valence-electron chi connectivity index (χ4n) is 3.04. The van der Waals surface area contributed by atoms with Crippen LogP contribution in [0.3, 0.4) is 0 Å². The molecule has 0 radical (unpaired) electrons. The van der Waals surface area contributed by atoms with Gasteiger partial charge in [-0.05, 0) is 54.2 Å². The van der Waals surface area contributed by atoms with Gasteiger partial charge in [-0.2, -0.15) is 0 Å². The summed E-state index contributed by atoms with van der Waals surface area (Å²) in [7, 11) is 0. The fourth-order valence-corrected chi connectivity index (χ4v) is 3.04. The van der Waals surface area contributed by atoms with Crippen LogP contribution < -0.4 is 4.74 Å². The Balaban J connectivity index is 2.16. The lowest BCUT2D eigenvalue weighted by molar-refractivity contribution is -0.0307. The highest BCUT2D eigenvalue weighted by Gasteiger charge is 2.35. The van der Waals surface area contributed by atoms with Crippen LogP contribution in [-0.2, 0) is 5.41 Å². The average molecular weight is 290 g/mol. The molecular formula is C19H30O2. The van der Waals surface area contributed by atoms with Gasteiger partial charge in [0.05, 0.1) is 6.10 Å². The third-order valence-electron chi connectivity index (χ3n) is 4.62. The van der Waals surface area contributed by atoms with E-state index in [0.717, 1.165) is 30.6 Å². The zero-order valence-corrected chi connectivity index (χ0v) is 14.4. The third-order valence-corrected chi connectivity index (χ3v) is 4.62. The van der Waals surface area contributed by atoms with Crippen LogP contribution in [0.15, 0.2) is 18.2 Å². The second kappa shape index (κ2) is 5.64. The van der Waals surface area contributed by atoms with Crippen LogP contribution in [-0.4, -0.2) is 17.3 Å². The topological polar surface area (TPSA) is 29.5 Å². The molecule has 1 N–H and O–H groups in total. The number of hydrogen-bond donors (Lipinski definition) is 1. The molecule has 1 fully saturated rings. The SMILES string of the molecule is Cc1cc(C(C)(C)C)ccc1OC1CC(C)(C)CCC1O. The minimum absolute atomic E-state index is 0.0899. The van der Waals surface area contributed by atoms with Gasteiger partial charge in [0, 0.05) is 0 Å². The summed E-state index contributed by atoms with van der Waals surface area (Å²) < 4.78 is 6.15. The molecule has 2 atom stereocenters. The van der Waals surface area contributed by atoms with E-state index in [2.05, 4.69) is 59.7 Å². The van der Waals surface area contributed by atoms with Crippen LogP contribution in [0.2, 0.25) is 0 Å². The summed E-state index contributed by atoms with van der Waals surface area (Å²) in [5, 5.41) is 10.2. The van der Waals surface area contributed by atoms with Crippen molar-refractivity contribution in [2.45, 2.75) is 78.4 Å². The molecule has 21 heavy (non-hydrogen) atoms. The van der Waals surface area contributed by atoms with Gasteiger partial charge in [0.25, 0.3) is 0 Å². The van der Waals surface area contributed by atoms with Crippen molar-refractivity contribution in [3.05, 3.63) is 29.3 Å². The van der Waals surface area contributed by atoms with Crippen LogP contribution in [0, 0.1) is 12.3 Å². The molecule has 0 aromatic heterocycles. The Hall–Kier alpha value is -1.02. The molecule has 0 saturated heterocycles. The Bertz CT molecular complexity index is 497. The smallest absolute Gasteiger partial charge is 0.125 e. The molecule has 1 aliphatic rings. The van der Waals surface area contributed by atoms with E-state index in [1.807, 2.05) is 0 Å². The Morgan fingerprint density at radius 2 is 1.90 bits per heavy atom. The summed E-state index contributed by atoms with van der Waals surface area (Å²) in [6, 6.07) is 6.41. The van der Waals surface area contributed by atoms with Crippen molar-refractivity contribution in [2.24, 2.45) is 5.41 Å². The molecule has 0 heterocycles. The van der Waals surface area contributed by atoms with Crippen molar-refractivity contribution >= 4 is 0 Å². The first kappa shape index (κ1) is 16.4. The van der Waals surface area contributed by atoms with Gasteiger partial charge in [-0.1, -0.05) is 46.8 Å². The minimum atomic E-state index is -0.347. The van der Waals surface area contributed by atoms with Crippen molar-refractivity contribution in [1.82, 2.24) is 0 Å². The van der Waals surface area contributed by atoms with Crippen molar-refractivity contribution in [2.75, 3.05) is 0 Å². The van der Waals surface area contributed by atoms with E-state index >= 15 is 0 Å².